The molecule has 1 aliphatic rings. The summed E-state index contributed by atoms with van der Waals surface area (Å²) >= 11 is 1.55. The fraction of sp³-hybridized carbons (Fsp3) is 0.467. The average Bonchev–Trinajstić information content (AvgIpc) is 2.96. The zero-order valence-electron chi connectivity index (χ0n) is 12.0. The number of aliphatic carboxylic acids is 1. The lowest BCUT2D eigenvalue weighted by atomic mass is 9.86. The van der Waals surface area contributed by atoms with Crippen LogP contribution in [0.3, 0.4) is 0 Å². The fourth-order valence-corrected chi connectivity index (χ4v) is 3.24. The van der Waals surface area contributed by atoms with Crippen molar-refractivity contribution in [3.63, 3.8) is 0 Å². The first-order chi connectivity index (χ1) is 10.1. The van der Waals surface area contributed by atoms with Crippen LogP contribution < -0.4 is 10.6 Å². The Bertz CT molecular complexity index is 527. The number of carbonyl (C=O) groups excluding carboxylic acids is 1. The van der Waals surface area contributed by atoms with E-state index < -0.39 is 11.4 Å². The Kier molecular flexibility index (Phi) is 5.12. The van der Waals surface area contributed by atoms with Crippen molar-refractivity contribution in [2.24, 2.45) is 5.41 Å². The molecule has 0 spiro atoms. The predicted molar refractivity (Wildman–Crippen MR) is 83.8 cm³/mol. The van der Waals surface area contributed by atoms with Crippen molar-refractivity contribution in [3.8, 4) is 0 Å². The second kappa shape index (κ2) is 6.85. The van der Waals surface area contributed by atoms with E-state index in [2.05, 4.69) is 10.6 Å². The Morgan fingerprint density at radius 3 is 2.57 bits per heavy atom. The molecule has 6 heteroatoms. The molecular weight excluding hydrogens is 288 g/mol. The van der Waals surface area contributed by atoms with Crippen LogP contribution in [-0.2, 0) is 4.79 Å². The van der Waals surface area contributed by atoms with Crippen LogP contribution in [0.25, 0.3) is 0 Å². The first-order valence-electron chi connectivity index (χ1n) is 6.99. The van der Waals surface area contributed by atoms with Gasteiger partial charge in [-0.3, -0.25) is 4.79 Å². The smallest absolute Gasteiger partial charge is 0.319 e. The molecule has 0 unspecified atom stereocenters. The summed E-state index contributed by atoms with van der Waals surface area (Å²) in [4.78, 5) is 24.4. The fourth-order valence-electron chi connectivity index (χ4n) is 2.68. The third-order valence-corrected chi connectivity index (χ3v) is 4.75. The normalized spacial score (nSPS) is 16.4. The van der Waals surface area contributed by atoms with E-state index in [1.807, 2.05) is 30.5 Å². The van der Waals surface area contributed by atoms with E-state index >= 15 is 0 Å². The van der Waals surface area contributed by atoms with Gasteiger partial charge in [0, 0.05) is 11.4 Å². The third kappa shape index (κ3) is 3.69. The number of urea groups is 1. The highest BCUT2D eigenvalue weighted by molar-refractivity contribution is 7.98. The van der Waals surface area contributed by atoms with Crippen LogP contribution in [0.5, 0.6) is 0 Å². The van der Waals surface area contributed by atoms with Crippen LogP contribution in [0.2, 0.25) is 0 Å². The van der Waals surface area contributed by atoms with E-state index in [1.165, 1.54) is 0 Å². The summed E-state index contributed by atoms with van der Waals surface area (Å²) in [6.07, 6.45) is 5.01. The van der Waals surface area contributed by atoms with Gasteiger partial charge in [-0.15, -0.1) is 11.8 Å². The topological polar surface area (TPSA) is 78.4 Å². The SMILES string of the molecule is CSc1ccccc1NC(=O)NCC1(C(=O)O)CCCC1. The summed E-state index contributed by atoms with van der Waals surface area (Å²) < 4.78 is 0. The van der Waals surface area contributed by atoms with Crippen LogP contribution in [-0.4, -0.2) is 29.9 Å². The third-order valence-electron chi connectivity index (χ3n) is 3.96. The largest absolute Gasteiger partial charge is 0.481 e. The molecule has 0 saturated heterocycles. The van der Waals surface area contributed by atoms with E-state index in [9.17, 15) is 14.7 Å². The molecule has 0 aromatic heterocycles. The molecule has 1 saturated carbocycles. The molecule has 3 N–H and O–H groups in total. The molecule has 1 aromatic carbocycles. The van der Waals surface area contributed by atoms with Crippen LogP contribution in [0.4, 0.5) is 10.5 Å². The monoisotopic (exact) mass is 308 g/mol. The number of carboxylic acid groups (broad SMARTS) is 1. The highest BCUT2D eigenvalue weighted by atomic mass is 32.2. The molecule has 0 atom stereocenters. The Morgan fingerprint density at radius 1 is 1.29 bits per heavy atom. The number of benzene rings is 1. The molecule has 1 aliphatic carbocycles. The number of rotatable bonds is 5. The lowest BCUT2D eigenvalue weighted by Crippen LogP contribution is -2.42. The van der Waals surface area contributed by atoms with Crippen molar-refractivity contribution in [2.45, 2.75) is 30.6 Å². The van der Waals surface area contributed by atoms with E-state index in [1.54, 1.807) is 11.8 Å². The van der Waals surface area contributed by atoms with Gasteiger partial charge < -0.3 is 15.7 Å². The first kappa shape index (κ1) is 15.7. The van der Waals surface area contributed by atoms with Crippen molar-refractivity contribution >= 4 is 29.4 Å². The van der Waals surface area contributed by atoms with Gasteiger partial charge in [0.1, 0.15) is 0 Å². The summed E-state index contributed by atoms with van der Waals surface area (Å²) in [5, 5.41) is 14.9. The van der Waals surface area contributed by atoms with Crippen LogP contribution >= 0.6 is 11.8 Å². The molecule has 1 aromatic rings. The number of nitrogens with one attached hydrogen (secondary N) is 2. The van der Waals surface area contributed by atoms with Crippen molar-refractivity contribution in [2.75, 3.05) is 18.1 Å². The summed E-state index contributed by atoms with van der Waals surface area (Å²) in [6, 6.07) is 7.16. The van der Waals surface area contributed by atoms with Gasteiger partial charge in [0.25, 0.3) is 0 Å². The van der Waals surface area contributed by atoms with E-state index in [0.717, 1.165) is 23.4 Å². The summed E-state index contributed by atoms with van der Waals surface area (Å²) in [6.45, 7) is 0.176. The summed E-state index contributed by atoms with van der Waals surface area (Å²) in [5.74, 6) is -0.815. The van der Waals surface area contributed by atoms with E-state index in [4.69, 9.17) is 0 Å². The Hall–Kier alpha value is -1.69. The maximum atomic E-state index is 12.0. The lowest BCUT2D eigenvalue weighted by molar-refractivity contribution is -0.148. The molecule has 2 amide bonds. The number of thioether (sulfide) groups is 1. The maximum Gasteiger partial charge on any atom is 0.319 e. The first-order valence-corrected chi connectivity index (χ1v) is 8.21. The summed E-state index contributed by atoms with van der Waals surface area (Å²) in [5.41, 5.74) is -0.0607. The minimum atomic E-state index is -0.815. The summed E-state index contributed by atoms with van der Waals surface area (Å²) in [7, 11) is 0. The predicted octanol–water partition coefficient (Wildman–Crippen LogP) is 3.18. The zero-order valence-corrected chi connectivity index (χ0v) is 12.8. The van der Waals surface area contributed by atoms with Crippen LogP contribution in [0.1, 0.15) is 25.7 Å². The molecule has 2 rings (SSSR count). The van der Waals surface area contributed by atoms with Gasteiger partial charge in [0.05, 0.1) is 11.1 Å². The molecule has 1 fully saturated rings. The van der Waals surface area contributed by atoms with Crippen molar-refractivity contribution in [1.82, 2.24) is 5.32 Å². The van der Waals surface area contributed by atoms with E-state index in [0.29, 0.717) is 12.8 Å². The van der Waals surface area contributed by atoms with Crippen LogP contribution in [0, 0.1) is 5.41 Å². The second-order valence-corrected chi connectivity index (χ2v) is 6.15. The number of amides is 2. The van der Waals surface area contributed by atoms with Gasteiger partial charge in [-0.1, -0.05) is 25.0 Å². The van der Waals surface area contributed by atoms with Crippen molar-refractivity contribution in [3.05, 3.63) is 24.3 Å². The number of hydrogen-bond donors (Lipinski definition) is 3. The highest BCUT2D eigenvalue weighted by Crippen LogP contribution is 2.37. The maximum absolute atomic E-state index is 12.0. The molecule has 5 nitrogen and oxygen atoms in total. The van der Waals surface area contributed by atoms with E-state index in [-0.39, 0.29) is 12.6 Å². The zero-order chi connectivity index (χ0) is 15.3. The van der Waals surface area contributed by atoms with Crippen molar-refractivity contribution in [1.29, 1.82) is 0 Å². The van der Waals surface area contributed by atoms with Gasteiger partial charge in [0.2, 0.25) is 0 Å². The molecule has 0 bridgehead atoms. The molecule has 0 aliphatic heterocycles. The number of hydrogen-bond acceptors (Lipinski definition) is 3. The second-order valence-electron chi connectivity index (χ2n) is 5.30. The Morgan fingerprint density at radius 2 is 1.95 bits per heavy atom. The number of para-hydroxylation sites is 1. The Balaban J connectivity index is 1.94. The standard InChI is InChI=1S/C15H20N2O3S/c1-21-12-7-3-2-6-11(12)17-14(20)16-10-15(13(18)19)8-4-5-9-15/h2-3,6-7H,4-5,8-10H2,1H3,(H,18,19)(H2,16,17,20). The van der Waals surface area contributed by atoms with Gasteiger partial charge in [0.15, 0.2) is 0 Å². The molecular formula is C15H20N2O3S. The van der Waals surface area contributed by atoms with Crippen LogP contribution in [0.15, 0.2) is 29.2 Å². The highest BCUT2D eigenvalue weighted by Gasteiger charge is 2.41. The van der Waals surface area contributed by atoms with Gasteiger partial charge >= 0.3 is 12.0 Å². The Labute approximate surface area is 128 Å². The molecule has 0 radical (unpaired) electrons. The van der Waals surface area contributed by atoms with Crippen molar-refractivity contribution < 1.29 is 14.7 Å². The minimum absolute atomic E-state index is 0.176. The van der Waals surface area contributed by atoms with Gasteiger partial charge in [-0.2, -0.15) is 0 Å². The number of anilines is 1. The molecule has 21 heavy (non-hydrogen) atoms. The molecule has 114 valence electrons. The van der Waals surface area contributed by atoms with Gasteiger partial charge in [-0.25, -0.2) is 4.79 Å². The molecule has 0 heterocycles. The number of carboxylic acids is 1. The lowest BCUT2D eigenvalue weighted by Gasteiger charge is -2.24. The van der Waals surface area contributed by atoms with Gasteiger partial charge in [-0.05, 0) is 31.2 Å². The quantitative estimate of drug-likeness (QED) is 0.730. The number of carbonyl (C=O) groups is 2. The average molecular weight is 308 g/mol. The minimum Gasteiger partial charge on any atom is -0.481 e.